The molecule has 1 aromatic heterocycles. The van der Waals surface area contributed by atoms with Gasteiger partial charge in [-0.25, -0.2) is 0 Å². The summed E-state index contributed by atoms with van der Waals surface area (Å²) in [6, 6.07) is 2.11. The second-order valence-corrected chi connectivity index (χ2v) is 4.73. The van der Waals surface area contributed by atoms with Crippen molar-refractivity contribution in [3.8, 4) is 0 Å². The molecule has 0 aliphatic carbocycles. The largest absolute Gasteiger partial charge is 0.370 e. The van der Waals surface area contributed by atoms with E-state index >= 15 is 0 Å². The molecule has 1 fully saturated rings. The first-order valence-corrected chi connectivity index (χ1v) is 5.57. The van der Waals surface area contributed by atoms with Gasteiger partial charge in [-0.2, -0.15) is 0 Å². The van der Waals surface area contributed by atoms with Gasteiger partial charge >= 0.3 is 0 Å². The zero-order chi connectivity index (χ0) is 8.39. The van der Waals surface area contributed by atoms with Gasteiger partial charge in [0.15, 0.2) is 0 Å². The van der Waals surface area contributed by atoms with E-state index in [4.69, 9.17) is 4.74 Å². The van der Waals surface area contributed by atoms with E-state index in [-0.39, 0.29) is 0 Å². The van der Waals surface area contributed by atoms with Crippen LogP contribution in [0.2, 0.25) is 0 Å². The number of rotatable bonds is 3. The van der Waals surface area contributed by atoms with Crippen LogP contribution >= 0.6 is 27.3 Å². The maximum Gasteiger partial charge on any atom is 0.0828 e. The third kappa shape index (κ3) is 2.07. The van der Waals surface area contributed by atoms with E-state index in [1.807, 2.05) is 0 Å². The van der Waals surface area contributed by atoms with Crippen LogP contribution in [-0.4, -0.2) is 19.2 Å². The first-order valence-electron chi connectivity index (χ1n) is 3.90. The molecule has 12 heavy (non-hydrogen) atoms. The van der Waals surface area contributed by atoms with E-state index in [9.17, 15) is 0 Å². The van der Waals surface area contributed by atoms with E-state index in [1.165, 1.54) is 4.88 Å². The van der Waals surface area contributed by atoms with E-state index in [0.29, 0.717) is 6.10 Å². The van der Waals surface area contributed by atoms with Gasteiger partial charge in [0.1, 0.15) is 0 Å². The molecule has 1 saturated heterocycles. The van der Waals surface area contributed by atoms with E-state index < -0.39 is 0 Å². The Labute approximate surface area is 84.1 Å². The van der Waals surface area contributed by atoms with Crippen LogP contribution in [0.15, 0.2) is 15.9 Å². The van der Waals surface area contributed by atoms with Crippen molar-refractivity contribution < 1.29 is 4.74 Å². The molecule has 66 valence electrons. The molecule has 2 heterocycles. The molecule has 0 aromatic carbocycles. The van der Waals surface area contributed by atoms with Crippen molar-refractivity contribution in [1.82, 2.24) is 5.32 Å². The lowest BCUT2D eigenvalue weighted by Crippen LogP contribution is -2.48. The molecule has 2 rings (SSSR count). The minimum absolute atomic E-state index is 0.436. The molecule has 1 aliphatic rings. The fourth-order valence-corrected chi connectivity index (χ4v) is 2.38. The average molecular weight is 248 g/mol. The van der Waals surface area contributed by atoms with E-state index in [0.717, 1.165) is 24.2 Å². The van der Waals surface area contributed by atoms with Crippen molar-refractivity contribution in [3.63, 3.8) is 0 Å². The fourth-order valence-electron chi connectivity index (χ4n) is 1.01. The van der Waals surface area contributed by atoms with Crippen LogP contribution in [0.5, 0.6) is 0 Å². The lowest BCUT2D eigenvalue weighted by molar-refractivity contribution is 0.00887. The van der Waals surface area contributed by atoms with Crippen molar-refractivity contribution in [2.45, 2.75) is 12.7 Å². The zero-order valence-corrected chi connectivity index (χ0v) is 8.95. The summed E-state index contributed by atoms with van der Waals surface area (Å²) in [6.45, 7) is 2.77. The fraction of sp³-hybridized carbons (Fsp3) is 0.500. The Morgan fingerprint density at radius 3 is 3.00 bits per heavy atom. The molecule has 1 N–H and O–H groups in total. The first-order chi connectivity index (χ1) is 5.84. The molecule has 0 bridgehead atoms. The quantitative estimate of drug-likeness (QED) is 0.883. The SMILES string of the molecule is Brc1csc(COC2CNC2)c1. The van der Waals surface area contributed by atoms with Crippen LogP contribution in [0.4, 0.5) is 0 Å². The first kappa shape index (κ1) is 8.69. The highest BCUT2D eigenvalue weighted by molar-refractivity contribution is 9.10. The van der Waals surface area contributed by atoms with Crippen molar-refractivity contribution in [2.75, 3.05) is 13.1 Å². The summed E-state index contributed by atoms with van der Waals surface area (Å²) in [4.78, 5) is 1.29. The molecule has 0 atom stereocenters. The molecule has 0 radical (unpaired) electrons. The third-order valence-electron chi connectivity index (χ3n) is 1.83. The summed E-state index contributed by atoms with van der Waals surface area (Å²) < 4.78 is 6.76. The van der Waals surface area contributed by atoms with Crippen LogP contribution in [-0.2, 0) is 11.3 Å². The highest BCUT2D eigenvalue weighted by atomic mass is 79.9. The van der Waals surface area contributed by atoms with E-state index in [1.54, 1.807) is 11.3 Å². The lowest BCUT2D eigenvalue weighted by atomic mass is 10.2. The zero-order valence-electron chi connectivity index (χ0n) is 6.55. The van der Waals surface area contributed by atoms with Crippen LogP contribution in [0, 0.1) is 0 Å². The molecule has 0 saturated carbocycles. The minimum Gasteiger partial charge on any atom is -0.370 e. The van der Waals surface area contributed by atoms with E-state index in [2.05, 4.69) is 32.7 Å². The van der Waals surface area contributed by atoms with Crippen molar-refractivity contribution >= 4 is 27.3 Å². The smallest absolute Gasteiger partial charge is 0.0828 e. The molecule has 0 unspecified atom stereocenters. The van der Waals surface area contributed by atoms with Crippen LogP contribution < -0.4 is 5.32 Å². The van der Waals surface area contributed by atoms with Crippen LogP contribution in [0.25, 0.3) is 0 Å². The van der Waals surface area contributed by atoms with Gasteiger partial charge in [-0.05, 0) is 22.0 Å². The number of halogens is 1. The molecular weight excluding hydrogens is 238 g/mol. The molecule has 1 aromatic rings. The van der Waals surface area contributed by atoms with Gasteiger partial charge in [0.25, 0.3) is 0 Å². The van der Waals surface area contributed by atoms with Gasteiger partial charge in [0, 0.05) is 27.8 Å². The van der Waals surface area contributed by atoms with Crippen molar-refractivity contribution in [3.05, 3.63) is 20.8 Å². The predicted molar refractivity (Wildman–Crippen MR) is 53.5 cm³/mol. The Balaban J connectivity index is 1.79. The van der Waals surface area contributed by atoms with Gasteiger partial charge in [-0.3, -0.25) is 0 Å². The number of hydrogen-bond acceptors (Lipinski definition) is 3. The molecule has 2 nitrogen and oxygen atoms in total. The Hall–Kier alpha value is 0.1000. The third-order valence-corrected chi connectivity index (χ3v) is 3.50. The Morgan fingerprint density at radius 2 is 2.50 bits per heavy atom. The second kappa shape index (κ2) is 3.87. The summed E-state index contributed by atoms with van der Waals surface area (Å²) in [5.74, 6) is 0. The molecular formula is C8H10BrNOS. The number of thiophene rings is 1. The molecule has 0 spiro atoms. The van der Waals surface area contributed by atoms with Crippen LogP contribution in [0.1, 0.15) is 4.88 Å². The Morgan fingerprint density at radius 1 is 1.67 bits per heavy atom. The van der Waals surface area contributed by atoms with Gasteiger partial charge in [-0.1, -0.05) is 0 Å². The summed E-state index contributed by atoms with van der Waals surface area (Å²) in [6.07, 6.45) is 0.436. The monoisotopic (exact) mass is 247 g/mol. The summed E-state index contributed by atoms with van der Waals surface area (Å²) in [7, 11) is 0. The average Bonchev–Trinajstić information content (AvgIpc) is 2.32. The van der Waals surface area contributed by atoms with Gasteiger partial charge in [0.2, 0.25) is 0 Å². The number of ether oxygens (including phenoxy) is 1. The summed E-state index contributed by atoms with van der Waals surface area (Å²) in [5.41, 5.74) is 0. The minimum atomic E-state index is 0.436. The van der Waals surface area contributed by atoms with Gasteiger partial charge in [-0.15, -0.1) is 11.3 Å². The van der Waals surface area contributed by atoms with Crippen molar-refractivity contribution in [1.29, 1.82) is 0 Å². The maximum atomic E-state index is 5.60. The Kier molecular flexibility index (Phi) is 2.80. The maximum absolute atomic E-state index is 5.60. The number of hydrogen-bond donors (Lipinski definition) is 1. The topological polar surface area (TPSA) is 21.3 Å². The number of nitrogens with one attached hydrogen (secondary N) is 1. The standard InChI is InChI=1S/C8H10BrNOS/c9-6-1-8(12-5-6)4-11-7-2-10-3-7/h1,5,7,10H,2-4H2. The van der Waals surface area contributed by atoms with Crippen LogP contribution in [0.3, 0.4) is 0 Å². The van der Waals surface area contributed by atoms with Gasteiger partial charge < -0.3 is 10.1 Å². The lowest BCUT2D eigenvalue weighted by Gasteiger charge is -2.26. The normalized spacial score (nSPS) is 17.8. The highest BCUT2D eigenvalue weighted by Crippen LogP contribution is 2.20. The second-order valence-electron chi connectivity index (χ2n) is 2.82. The molecule has 1 aliphatic heterocycles. The molecule has 0 amide bonds. The summed E-state index contributed by atoms with van der Waals surface area (Å²) >= 11 is 5.15. The van der Waals surface area contributed by atoms with Gasteiger partial charge in [0.05, 0.1) is 12.7 Å². The Bertz CT molecular complexity index is 259. The highest BCUT2D eigenvalue weighted by Gasteiger charge is 2.16. The van der Waals surface area contributed by atoms with Crippen molar-refractivity contribution in [2.24, 2.45) is 0 Å². The predicted octanol–water partition coefficient (Wildman–Crippen LogP) is 2.00. The summed E-state index contributed by atoms with van der Waals surface area (Å²) in [5, 5.41) is 5.25. The molecule has 4 heteroatoms.